The van der Waals surface area contributed by atoms with E-state index in [0.717, 1.165) is 167 Å². The number of benzene rings is 17. The second-order valence-electron chi connectivity index (χ2n) is 28.5. The van der Waals surface area contributed by atoms with Gasteiger partial charge in [0, 0.05) is 82.0 Å². The maximum atomic E-state index is 7.23. The van der Waals surface area contributed by atoms with Gasteiger partial charge < -0.3 is 18.8 Å². The molecular weight excluding hydrogens is 1330 g/mol. The molecule has 0 fully saturated rings. The molecule has 4 nitrogen and oxygen atoms in total. The Morgan fingerprint density at radius 2 is 0.639 bits per heavy atom. The minimum absolute atomic E-state index is 0.357. The van der Waals surface area contributed by atoms with Crippen molar-refractivity contribution in [2.24, 2.45) is 0 Å². The molecule has 22 rings (SSSR count). The SMILES string of the molecule is c1ccc(-c2cccc(-c3cccc(-c4cccc(-c5ccccc5)c4)c3N3c4cc5c(cc4B4c6cc(-n7c8ccccc8c8ccccc87)ccc6N(c6c(-c7cccc(-c8ccccc8)c7)cccc6-c6cccc(-c7ccccc7)c6)c6c4c3cc3c6sc4ccccc43)oc3ccccc35)c2)cc1. The summed E-state index contributed by atoms with van der Waals surface area (Å²) in [7, 11) is 0. The molecule has 0 atom stereocenters. The van der Waals surface area contributed by atoms with Crippen LogP contribution in [-0.4, -0.2) is 11.3 Å². The smallest absolute Gasteiger partial charge is 0.252 e. The molecule has 17 aromatic carbocycles. The highest BCUT2D eigenvalue weighted by atomic mass is 32.1. The zero-order chi connectivity index (χ0) is 70.9. The van der Waals surface area contributed by atoms with Crippen LogP contribution in [0.4, 0.5) is 34.1 Å². The van der Waals surface area contributed by atoms with Gasteiger partial charge in [-0.05, 0) is 168 Å². The van der Waals surface area contributed by atoms with Crippen LogP contribution in [0.1, 0.15) is 0 Å². The van der Waals surface area contributed by atoms with Crippen LogP contribution < -0.4 is 26.2 Å². The van der Waals surface area contributed by atoms with Crippen LogP contribution in [0.3, 0.4) is 0 Å². The molecule has 0 radical (unpaired) electrons. The average molecular weight is 1390 g/mol. The zero-order valence-electron chi connectivity index (χ0n) is 58.7. The van der Waals surface area contributed by atoms with E-state index in [0.29, 0.717) is 0 Å². The van der Waals surface area contributed by atoms with E-state index in [2.05, 4.69) is 403 Å². The van der Waals surface area contributed by atoms with Crippen molar-refractivity contribution in [3.63, 3.8) is 0 Å². The zero-order valence-corrected chi connectivity index (χ0v) is 59.5. The average Bonchev–Trinajstić information content (AvgIpc) is 1.11. The van der Waals surface area contributed by atoms with Crippen molar-refractivity contribution in [2.45, 2.75) is 0 Å². The Hall–Kier alpha value is -13.8. The Morgan fingerprint density at radius 3 is 1.15 bits per heavy atom. The number of hydrogen-bond acceptors (Lipinski definition) is 4. The molecular formula is C102H64BN3OS. The van der Waals surface area contributed by atoms with E-state index in [9.17, 15) is 0 Å². The molecule has 502 valence electrons. The highest BCUT2D eigenvalue weighted by Gasteiger charge is 2.47. The second kappa shape index (κ2) is 25.0. The Morgan fingerprint density at radius 1 is 0.241 bits per heavy atom. The predicted molar refractivity (Wildman–Crippen MR) is 458 cm³/mol. The largest absolute Gasteiger partial charge is 0.456 e. The monoisotopic (exact) mass is 1390 g/mol. The fourth-order valence-electron chi connectivity index (χ4n) is 17.7. The van der Waals surface area contributed by atoms with Crippen molar-refractivity contribution in [3.05, 3.63) is 388 Å². The molecule has 5 heterocycles. The third kappa shape index (κ3) is 9.84. The standard InChI is InChI=1S/C102H64BN3OS/c1-5-27-65(28-6-1)69-35-21-39-73(57-69)78-47-25-48-79(74-40-22-36-70(58-74)66-29-7-2-8-30-66)99(78)105-93-62-86-84-45-15-19-53-95(84)107-96(86)64-89(93)103-88-61-77(104-90-51-17-13-43-82(90)83-44-14-18-52-91(83)104)55-56-92(88)106(101-98(103)94(105)63-87-85-46-16-20-54-97(85)108-102(87)101)100-80(75-41-23-37-71(59-75)67-31-9-3-10-32-67)49-26-50-81(100)76-42-24-38-72(60-76)68-33-11-4-12-34-68/h1-64H. The van der Waals surface area contributed by atoms with Gasteiger partial charge in [0.25, 0.3) is 6.71 Å². The van der Waals surface area contributed by atoms with Crippen LogP contribution in [-0.2, 0) is 0 Å². The first-order valence-corrected chi connectivity index (χ1v) is 38.0. The van der Waals surface area contributed by atoms with Crippen LogP contribution in [0.25, 0.3) is 159 Å². The molecule has 6 heteroatoms. The summed E-state index contributed by atoms with van der Waals surface area (Å²) in [5.74, 6) is 0. The fourth-order valence-corrected chi connectivity index (χ4v) is 19.0. The maximum absolute atomic E-state index is 7.23. The van der Waals surface area contributed by atoms with E-state index in [4.69, 9.17) is 4.42 Å². The third-order valence-electron chi connectivity index (χ3n) is 22.5. The fraction of sp³-hybridized carbons (Fsp3) is 0. The predicted octanol–water partition coefficient (Wildman–Crippen LogP) is 26.5. The van der Waals surface area contributed by atoms with Gasteiger partial charge in [0.2, 0.25) is 0 Å². The van der Waals surface area contributed by atoms with Crippen LogP contribution >= 0.6 is 11.3 Å². The number of thiophene rings is 1. The van der Waals surface area contributed by atoms with E-state index >= 15 is 0 Å². The molecule has 0 aliphatic carbocycles. The lowest BCUT2D eigenvalue weighted by Crippen LogP contribution is -2.61. The number of nitrogens with zero attached hydrogens (tertiary/aromatic N) is 3. The number of hydrogen-bond donors (Lipinski definition) is 0. The van der Waals surface area contributed by atoms with Gasteiger partial charge in [0.15, 0.2) is 0 Å². The Kier molecular flexibility index (Phi) is 14.3. The van der Waals surface area contributed by atoms with E-state index in [-0.39, 0.29) is 6.71 Å². The lowest BCUT2D eigenvalue weighted by Gasteiger charge is -2.46. The van der Waals surface area contributed by atoms with Crippen LogP contribution in [0, 0.1) is 0 Å². The lowest BCUT2D eigenvalue weighted by molar-refractivity contribution is 0.669. The Bertz CT molecular complexity index is 6760. The van der Waals surface area contributed by atoms with Crippen LogP contribution in [0.5, 0.6) is 0 Å². The third-order valence-corrected chi connectivity index (χ3v) is 23.7. The Balaban J connectivity index is 0.922. The van der Waals surface area contributed by atoms with Gasteiger partial charge in [-0.3, -0.25) is 0 Å². The van der Waals surface area contributed by atoms with E-state index in [1.54, 1.807) is 0 Å². The molecule has 2 aliphatic rings. The summed E-state index contributed by atoms with van der Waals surface area (Å²) < 4.78 is 12.2. The summed E-state index contributed by atoms with van der Waals surface area (Å²) in [5.41, 5.74) is 33.3. The molecule has 2 aliphatic heterocycles. The summed E-state index contributed by atoms with van der Waals surface area (Å²) in [6.45, 7) is -0.357. The first-order valence-electron chi connectivity index (χ1n) is 37.1. The first-order chi connectivity index (χ1) is 53.6. The number of anilines is 6. The summed E-state index contributed by atoms with van der Waals surface area (Å²) >= 11 is 1.90. The van der Waals surface area contributed by atoms with Gasteiger partial charge in [-0.1, -0.05) is 303 Å². The highest BCUT2D eigenvalue weighted by Crippen LogP contribution is 2.57. The molecule has 0 N–H and O–H groups in total. The second-order valence-corrected chi connectivity index (χ2v) is 29.6. The highest BCUT2D eigenvalue weighted by molar-refractivity contribution is 7.26. The first kappa shape index (κ1) is 61.7. The minimum Gasteiger partial charge on any atom is -0.456 e. The molecule has 0 spiro atoms. The number of rotatable bonds is 11. The Labute approximate surface area is 629 Å². The number of para-hydroxylation sites is 5. The van der Waals surface area contributed by atoms with Crippen molar-refractivity contribution in [1.29, 1.82) is 0 Å². The van der Waals surface area contributed by atoms with Crippen molar-refractivity contribution in [3.8, 4) is 94.7 Å². The number of aromatic nitrogens is 1. The van der Waals surface area contributed by atoms with Crippen LogP contribution in [0.15, 0.2) is 393 Å². The molecule has 108 heavy (non-hydrogen) atoms. The van der Waals surface area contributed by atoms with Gasteiger partial charge in [-0.25, -0.2) is 0 Å². The molecule has 0 saturated carbocycles. The van der Waals surface area contributed by atoms with Crippen molar-refractivity contribution < 1.29 is 4.42 Å². The lowest BCUT2D eigenvalue weighted by atomic mass is 9.33. The number of fused-ring (bicyclic) bond motifs is 14. The quantitative estimate of drug-likeness (QED) is 0.121. The summed E-state index contributed by atoms with van der Waals surface area (Å²) in [6, 6.07) is 145. The van der Waals surface area contributed by atoms with Gasteiger partial charge in [0.05, 0.1) is 32.8 Å². The normalized spacial score (nSPS) is 12.4. The molecule has 0 bridgehead atoms. The summed E-state index contributed by atoms with van der Waals surface area (Å²) in [4.78, 5) is 5.43. The van der Waals surface area contributed by atoms with Crippen molar-refractivity contribution >= 4 is 132 Å². The summed E-state index contributed by atoms with van der Waals surface area (Å²) in [6.07, 6.45) is 0. The van der Waals surface area contributed by atoms with Gasteiger partial charge in [0.1, 0.15) is 11.2 Å². The number of furan rings is 1. The van der Waals surface area contributed by atoms with Gasteiger partial charge >= 0.3 is 0 Å². The van der Waals surface area contributed by atoms with E-state index < -0.39 is 0 Å². The van der Waals surface area contributed by atoms with E-state index in [1.165, 1.54) is 41.9 Å². The molecule has 0 amide bonds. The van der Waals surface area contributed by atoms with Crippen molar-refractivity contribution in [2.75, 3.05) is 9.80 Å². The topological polar surface area (TPSA) is 24.6 Å². The molecule has 0 saturated heterocycles. The molecule has 0 unspecified atom stereocenters. The van der Waals surface area contributed by atoms with Crippen molar-refractivity contribution in [1.82, 2.24) is 4.57 Å². The molecule has 3 aromatic heterocycles. The minimum atomic E-state index is -0.357. The maximum Gasteiger partial charge on any atom is 0.252 e. The van der Waals surface area contributed by atoms with Gasteiger partial charge in [-0.2, -0.15) is 0 Å². The van der Waals surface area contributed by atoms with Gasteiger partial charge in [-0.15, -0.1) is 11.3 Å². The van der Waals surface area contributed by atoms with E-state index in [1.807, 2.05) is 11.3 Å². The molecule has 20 aromatic rings. The summed E-state index contributed by atoms with van der Waals surface area (Å²) in [5, 5.41) is 6.95. The van der Waals surface area contributed by atoms with Crippen LogP contribution in [0.2, 0.25) is 0 Å².